The minimum absolute atomic E-state index is 0.187. The van der Waals surface area contributed by atoms with Gasteiger partial charge in [0.25, 0.3) is 0 Å². The maximum atomic E-state index is 13.6. The number of hydrogen-bond acceptors (Lipinski definition) is 3. The topological polar surface area (TPSA) is 58.6 Å². The fourth-order valence-electron chi connectivity index (χ4n) is 2.20. The number of benzene rings is 2. The molecule has 0 atom stereocenters. The van der Waals surface area contributed by atoms with Crippen LogP contribution in [0.4, 0.5) is 14.5 Å². The molecule has 0 aliphatic carbocycles. The first-order chi connectivity index (χ1) is 11.9. The van der Waals surface area contributed by atoms with Crippen LogP contribution in [0, 0.1) is 11.6 Å². The number of rotatable bonds is 6. The molecule has 7 heteroatoms. The molecule has 132 valence electrons. The van der Waals surface area contributed by atoms with Gasteiger partial charge in [-0.25, -0.2) is 8.78 Å². The predicted octanol–water partition coefficient (Wildman–Crippen LogP) is 2.96. The number of nitrogens with zero attached hydrogens (tertiary/aromatic N) is 1. The van der Waals surface area contributed by atoms with Crippen LogP contribution in [0.1, 0.15) is 12.5 Å². The first kappa shape index (κ1) is 18.4. The van der Waals surface area contributed by atoms with Gasteiger partial charge in [0, 0.05) is 13.5 Å². The molecule has 0 unspecified atom stereocenters. The largest absolute Gasteiger partial charge is 0.497 e. The molecule has 25 heavy (non-hydrogen) atoms. The SMILES string of the molecule is COc1ccc(CN(CC(=O)Nc2c(F)cccc2F)C(C)=O)cc1. The fraction of sp³-hybridized carbons (Fsp3) is 0.222. The zero-order chi connectivity index (χ0) is 18.4. The summed E-state index contributed by atoms with van der Waals surface area (Å²) < 4.78 is 32.2. The van der Waals surface area contributed by atoms with Crippen molar-refractivity contribution in [3.05, 3.63) is 59.7 Å². The third-order valence-corrected chi connectivity index (χ3v) is 3.54. The molecule has 1 N–H and O–H groups in total. The summed E-state index contributed by atoms with van der Waals surface area (Å²) in [5.41, 5.74) is 0.265. The quantitative estimate of drug-likeness (QED) is 0.873. The van der Waals surface area contributed by atoms with Crippen molar-refractivity contribution < 1.29 is 23.1 Å². The highest BCUT2D eigenvalue weighted by molar-refractivity contribution is 5.94. The van der Waals surface area contributed by atoms with Gasteiger partial charge in [0.15, 0.2) is 0 Å². The van der Waals surface area contributed by atoms with Crippen LogP contribution >= 0.6 is 0 Å². The second kappa shape index (κ2) is 8.23. The van der Waals surface area contributed by atoms with Crippen LogP contribution < -0.4 is 10.1 Å². The molecule has 5 nitrogen and oxygen atoms in total. The number of anilines is 1. The summed E-state index contributed by atoms with van der Waals surface area (Å²) in [5, 5.41) is 2.17. The minimum Gasteiger partial charge on any atom is -0.497 e. The summed E-state index contributed by atoms with van der Waals surface area (Å²) in [5.74, 6) is -2.10. The molecule has 0 radical (unpaired) electrons. The van der Waals surface area contributed by atoms with Crippen LogP contribution in [-0.2, 0) is 16.1 Å². The van der Waals surface area contributed by atoms with Gasteiger partial charge < -0.3 is 15.0 Å². The first-order valence-electron chi connectivity index (χ1n) is 7.53. The molecule has 0 aromatic heterocycles. The van der Waals surface area contributed by atoms with Gasteiger partial charge in [-0.1, -0.05) is 18.2 Å². The Hall–Kier alpha value is -2.96. The van der Waals surface area contributed by atoms with Crippen molar-refractivity contribution >= 4 is 17.5 Å². The highest BCUT2D eigenvalue weighted by atomic mass is 19.1. The van der Waals surface area contributed by atoms with E-state index in [1.165, 1.54) is 17.9 Å². The van der Waals surface area contributed by atoms with E-state index in [1.54, 1.807) is 31.4 Å². The summed E-state index contributed by atoms with van der Waals surface area (Å²) in [6, 6.07) is 10.3. The monoisotopic (exact) mass is 348 g/mol. The Balaban J connectivity index is 2.05. The second-order valence-corrected chi connectivity index (χ2v) is 5.37. The molecule has 2 amide bonds. The fourth-order valence-corrected chi connectivity index (χ4v) is 2.20. The van der Waals surface area contributed by atoms with Crippen LogP contribution in [0.15, 0.2) is 42.5 Å². The molecule has 2 aromatic carbocycles. The van der Waals surface area contributed by atoms with Gasteiger partial charge in [0.1, 0.15) is 29.6 Å². The normalized spacial score (nSPS) is 10.2. The molecule has 2 rings (SSSR count). The lowest BCUT2D eigenvalue weighted by Gasteiger charge is -2.21. The van der Waals surface area contributed by atoms with E-state index in [9.17, 15) is 18.4 Å². The third-order valence-electron chi connectivity index (χ3n) is 3.54. The zero-order valence-corrected chi connectivity index (χ0v) is 13.9. The Bertz CT molecular complexity index is 743. The van der Waals surface area contributed by atoms with Gasteiger partial charge in [-0.05, 0) is 29.8 Å². The maximum absolute atomic E-state index is 13.6. The van der Waals surface area contributed by atoms with Gasteiger partial charge in [0.05, 0.1) is 7.11 Å². The molecule has 0 spiro atoms. The van der Waals surface area contributed by atoms with Gasteiger partial charge in [-0.2, -0.15) is 0 Å². The van der Waals surface area contributed by atoms with E-state index >= 15 is 0 Å². The Morgan fingerprint density at radius 2 is 1.68 bits per heavy atom. The number of carbonyl (C=O) groups excluding carboxylic acids is 2. The molecular formula is C18H18F2N2O3. The number of methoxy groups -OCH3 is 1. The van der Waals surface area contributed by atoms with E-state index in [4.69, 9.17) is 4.74 Å². The van der Waals surface area contributed by atoms with Gasteiger partial charge >= 0.3 is 0 Å². The van der Waals surface area contributed by atoms with Crippen LogP contribution in [0.2, 0.25) is 0 Å². The average Bonchev–Trinajstić information content (AvgIpc) is 2.58. The number of ether oxygens (including phenoxy) is 1. The van der Waals surface area contributed by atoms with E-state index in [0.717, 1.165) is 17.7 Å². The third kappa shape index (κ3) is 5.00. The smallest absolute Gasteiger partial charge is 0.244 e. The van der Waals surface area contributed by atoms with E-state index in [0.29, 0.717) is 5.75 Å². The van der Waals surface area contributed by atoms with Crippen LogP contribution in [-0.4, -0.2) is 30.4 Å². The zero-order valence-electron chi connectivity index (χ0n) is 13.9. The summed E-state index contributed by atoms with van der Waals surface area (Å²) in [4.78, 5) is 25.1. The van der Waals surface area contributed by atoms with Crippen molar-refractivity contribution in [1.82, 2.24) is 4.90 Å². The van der Waals surface area contributed by atoms with Crippen molar-refractivity contribution in [3.63, 3.8) is 0 Å². The number of nitrogens with one attached hydrogen (secondary N) is 1. The first-order valence-corrected chi connectivity index (χ1v) is 7.53. The maximum Gasteiger partial charge on any atom is 0.244 e. The summed E-state index contributed by atoms with van der Waals surface area (Å²) >= 11 is 0. The highest BCUT2D eigenvalue weighted by Gasteiger charge is 2.17. The lowest BCUT2D eigenvalue weighted by atomic mass is 10.2. The molecule has 0 heterocycles. The van der Waals surface area contributed by atoms with E-state index in [2.05, 4.69) is 5.32 Å². The molecule has 0 saturated carbocycles. The number of halogens is 2. The Morgan fingerprint density at radius 1 is 1.08 bits per heavy atom. The second-order valence-electron chi connectivity index (χ2n) is 5.37. The number of carbonyl (C=O) groups is 2. The molecule has 0 aliphatic heterocycles. The van der Waals surface area contributed by atoms with Crippen molar-refractivity contribution in [2.45, 2.75) is 13.5 Å². The van der Waals surface area contributed by atoms with E-state index in [1.807, 2.05) is 0 Å². The van der Waals surface area contributed by atoms with Gasteiger partial charge in [-0.15, -0.1) is 0 Å². The van der Waals surface area contributed by atoms with Crippen LogP contribution in [0.25, 0.3) is 0 Å². The number of para-hydroxylation sites is 1. The predicted molar refractivity (Wildman–Crippen MR) is 89.1 cm³/mol. The van der Waals surface area contributed by atoms with Crippen molar-refractivity contribution in [1.29, 1.82) is 0 Å². The van der Waals surface area contributed by atoms with Crippen molar-refractivity contribution in [2.75, 3.05) is 19.0 Å². The molecule has 0 aliphatic rings. The lowest BCUT2D eigenvalue weighted by molar-refractivity contribution is -0.133. The number of amides is 2. The summed E-state index contributed by atoms with van der Waals surface area (Å²) in [6.45, 7) is 1.18. The Kier molecular flexibility index (Phi) is 6.05. The molecule has 0 fully saturated rings. The van der Waals surface area contributed by atoms with Crippen LogP contribution in [0.3, 0.4) is 0 Å². The van der Waals surface area contributed by atoms with E-state index in [-0.39, 0.29) is 19.0 Å². The van der Waals surface area contributed by atoms with E-state index < -0.39 is 23.2 Å². The van der Waals surface area contributed by atoms with Crippen molar-refractivity contribution in [2.24, 2.45) is 0 Å². The van der Waals surface area contributed by atoms with Gasteiger partial charge in [-0.3, -0.25) is 9.59 Å². The Morgan fingerprint density at radius 3 is 2.20 bits per heavy atom. The standard InChI is InChI=1S/C18H18F2N2O3/c1-12(23)22(10-13-6-8-14(25-2)9-7-13)11-17(24)21-18-15(19)4-3-5-16(18)20/h3-9H,10-11H2,1-2H3,(H,21,24). The van der Waals surface area contributed by atoms with Crippen molar-refractivity contribution in [3.8, 4) is 5.75 Å². The average molecular weight is 348 g/mol. The summed E-state index contributed by atoms with van der Waals surface area (Å²) in [6.07, 6.45) is 0. The number of hydrogen-bond donors (Lipinski definition) is 1. The summed E-state index contributed by atoms with van der Waals surface area (Å²) in [7, 11) is 1.54. The minimum atomic E-state index is -0.877. The lowest BCUT2D eigenvalue weighted by Crippen LogP contribution is -2.36. The molecular weight excluding hydrogens is 330 g/mol. The Labute approximate surface area is 144 Å². The van der Waals surface area contributed by atoms with Gasteiger partial charge in [0.2, 0.25) is 11.8 Å². The highest BCUT2D eigenvalue weighted by Crippen LogP contribution is 2.18. The molecule has 2 aromatic rings. The van der Waals surface area contributed by atoms with Crippen LogP contribution in [0.5, 0.6) is 5.75 Å². The molecule has 0 bridgehead atoms. The molecule has 0 saturated heterocycles.